The Morgan fingerprint density at radius 2 is 1.45 bits per heavy atom. The fraction of sp³-hybridized carbons (Fsp3) is 1.00. The molecule has 1 fully saturated rings. The molecule has 66 valence electrons. The van der Waals surface area contributed by atoms with Crippen LogP contribution < -0.4 is 0 Å². The van der Waals surface area contributed by atoms with Gasteiger partial charge in [-0.2, -0.15) is 0 Å². The highest BCUT2D eigenvalue weighted by atomic mass is 16.6. The molecule has 4 N–H and O–H groups in total. The lowest BCUT2D eigenvalue weighted by molar-refractivity contribution is -0.277. The molecule has 0 saturated carbocycles. The third kappa shape index (κ3) is 1.52. The van der Waals surface area contributed by atoms with Crippen molar-refractivity contribution < 1.29 is 25.2 Å². The van der Waals surface area contributed by atoms with E-state index in [-0.39, 0.29) is 0 Å². The van der Waals surface area contributed by atoms with E-state index in [1.165, 1.54) is 6.92 Å². The standard InChI is InChI=1S/C6H12O5/c1-2-3(7)4(8)5(9)6(10)11-2/h2-10H,1H3/t2?,3-,4+,5-,6-/m1/s1. The van der Waals surface area contributed by atoms with Crippen LogP contribution in [0, 0.1) is 0 Å². The van der Waals surface area contributed by atoms with Gasteiger partial charge < -0.3 is 25.2 Å². The molecule has 5 heteroatoms. The van der Waals surface area contributed by atoms with Gasteiger partial charge in [0.25, 0.3) is 0 Å². The molecule has 0 bridgehead atoms. The highest BCUT2D eigenvalue weighted by Crippen LogP contribution is 2.18. The van der Waals surface area contributed by atoms with Gasteiger partial charge in [-0.05, 0) is 6.92 Å². The molecule has 1 aliphatic rings. The summed E-state index contributed by atoms with van der Waals surface area (Å²) in [6.45, 7) is 1.50. The minimum absolute atomic E-state index is 0.664. The number of hydrogen-bond donors (Lipinski definition) is 4. The van der Waals surface area contributed by atoms with Crippen molar-refractivity contribution in [3.05, 3.63) is 0 Å². The SMILES string of the molecule is CC1O[C@@H](O)[C@H](O)[C@@H](O)[C@@H]1O. The molecule has 1 saturated heterocycles. The maximum Gasteiger partial charge on any atom is 0.183 e. The second kappa shape index (κ2) is 3.04. The first-order chi connectivity index (χ1) is 5.04. The normalized spacial score (nSPS) is 52.6. The van der Waals surface area contributed by atoms with Crippen molar-refractivity contribution in [3.8, 4) is 0 Å². The number of hydrogen-bond acceptors (Lipinski definition) is 5. The van der Waals surface area contributed by atoms with Crippen molar-refractivity contribution >= 4 is 0 Å². The lowest BCUT2D eigenvalue weighted by Crippen LogP contribution is -2.56. The van der Waals surface area contributed by atoms with Gasteiger partial charge in [-0.15, -0.1) is 0 Å². The summed E-state index contributed by atoms with van der Waals surface area (Å²) in [5.41, 5.74) is 0. The van der Waals surface area contributed by atoms with Crippen LogP contribution in [0.4, 0.5) is 0 Å². The third-order valence-electron chi connectivity index (χ3n) is 1.83. The third-order valence-corrected chi connectivity index (χ3v) is 1.83. The maximum absolute atomic E-state index is 9.09. The summed E-state index contributed by atoms with van der Waals surface area (Å²) in [6.07, 6.45) is -5.99. The van der Waals surface area contributed by atoms with Crippen LogP contribution in [0.15, 0.2) is 0 Å². The Labute approximate surface area is 63.8 Å². The highest BCUT2D eigenvalue weighted by Gasteiger charge is 2.40. The average Bonchev–Trinajstić information content (AvgIpc) is 1.97. The molecule has 0 aliphatic carbocycles. The fourth-order valence-electron chi connectivity index (χ4n) is 1.03. The van der Waals surface area contributed by atoms with E-state index in [2.05, 4.69) is 4.74 Å². The lowest BCUT2D eigenvalue weighted by atomic mass is 10.0. The predicted molar refractivity (Wildman–Crippen MR) is 34.6 cm³/mol. The molecule has 1 unspecified atom stereocenters. The van der Waals surface area contributed by atoms with E-state index in [1.807, 2.05) is 0 Å². The van der Waals surface area contributed by atoms with Crippen LogP contribution in [-0.4, -0.2) is 51.1 Å². The van der Waals surface area contributed by atoms with Crippen LogP contribution >= 0.6 is 0 Å². The zero-order valence-corrected chi connectivity index (χ0v) is 6.08. The van der Waals surface area contributed by atoms with Crippen LogP contribution in [0.3, 0.4) is 0 Å². The molecule has 1 aliphatic heterocycles. The van der Waals surface area contributed by atoms with Gasteiger partial charge in [-0.3, -0.25) is 0 Å². The molecule has 0 aromatic rings. The summed E-state index contributed by atoms with van der Waals surface area (Å²) in [5, 5.41) is 36.0. The Bertz CT molecular complexity index is 125. The second-order valence-corrected chi connectivity index (χ2v) is 2.70. The number of rotatable bonds is 0. The molecule has 5 nitrogen and oxygen atoms in total. The number of aliphatic hydroxyl groups is 4. The zero-order chi connectivity index (χ0) is 8.59. The van der Waals surface area contributed by atoms with Crippen molar-refractivity contribution in [2.24, 2.45) is 0 Å². The summed E-state index contributed by atoms with van der Waals surface area (Å²) in [4.78, 5) is 0. The second-order valence-electron chi connectivity index (χ2n) is 2.70. The first kappa shape index (κ1) is 8.89. The molecular weight excluding hydrogens is 152 g/mol. The molecule has 0 amide bonds. The van der Waals surface area contributed by atoms with Gasteiger partial charge in [-0.1, -0.05) is 0 Å². The monoisotopic (exact) mass is 164 g/mol. The van der Waals surface area contributed by atoms with Crippen LogP contribution in [-0.2, 0) is 4.74 Å². The summed E-state index contributed by atoms with van der Waals surface area (Å²) in [7, 11) is 0. The Morgan fingerprint density at radius 3 is 2.00 bits per heavy atom. The first-order valence-electron chi connectivity index (χ1n) is 3.41. The van der Waals surface area contributed by atoms with Gasteiger partial charge in [0, 0.05) is 0 Å². The van der Waals surface area contributed by atoms with E-state index in [0.717, 1.165) is 0 Å². The average molecular weight is 164 g/mol. The highest BCUT2D eigenvalue weighted by molar-refractivity contribution is 4.86. The van der Waals surface area contributed by atoms with Gasteiger partial charge >= 0.3 is 0 Å². The molecule has 0 spiro atoms. The maximum atomic E-state index is 9.09. The fourth-order valence-corrected chi connectivity index (χ4v) is 1.03. The van der Waals surface area contributed by atoms with Gasteiger partial charge in [-0.25, -0.2) is 0 Å². The predicted octanol–water partition coefficient (Wildman–Crippen LogP) is -2.19. The van der Waals surface area contributed by atoms with Crippen LogP contribution in [0.1, 0.15) is 6.92 Å². The van der Waals surface area contributed by atoms with Gasteiger partial charge in [0.2, 0.25) is 0 Å². The van der Waals surface area contributed by atoms with Crippen LogP contribution in [0.25, 0.3) is 0 Å². The minimum Gasteiger partial charge on any atom is -0.388 e. The van der Waals surface area contributed by atoms with E-state index in [0.29, 0.717) is 0 Å². The van der Waals surface area contributed by atoms with Crippen molar-refractivity contribution in [1.29, 1.82) is 0 Å². The van der Waals surface area contributed by atoms with E-state index in [1.54, 1.807) is 0 Å². The molecular formula is C6H12O5. The van der Waals surface area contributed by atoms with Crippen molar-refractivity contribution in [1.82, 2.24) is 0 Å². The van der Waals surface area contributed by atoms with E-state index in [9.17, 15) is 0 Å². The smallest absolute Gasteiger partial charge is 0.183 e. The summed E-state index contributed by atoms with van der Waals surface area (Å²) in [6, 6.07) is 0. The van der Waals surface area contributed by atoms with E-state index < -0.39 is 30.7 Å². The summed E-state index contributed by atoms with van der Waals surface area (Å²) in [5.74, 6) is 0. The lowest BCUT2D eigenvalue weighted by Gasteiger charge is -2.36. The summed E-state index contributed by atoms with van der Waals surface area (Å²) >= 11 is 0. The quantitative estimate of drug-likeness (QED) is 0.326. The van der Waals surface area contributed by atoms with E-state index >= 15 is 0 Å². The molecule has 0 radical (unpaired) electrons. The Morgan fingerprint density at radius 1 is 0.909 bits per heavy atom. The van der Waals surface area contributed by atoms with Gasteiger partial charge in [0.05, 0.1) is 6.10 Å². The molecule has 5 atom stereocenters. The summed E-state index contributed by atoms with van der Waals surface area (Å²) < 4.78 is 4.68. The Balaban J connectivity index is 2.63. The molecule has 11 heavy (non-hydrogen) atoms. The number of ether oxygens (including phenoxy) is 1. The molecule has 1 rings (SSSR count). The van der Waals surface area contributed by atoms with Gasteiger partial charge in [0.15, 0.2) is 6.29 Å². The molecule has 1 heterocycles. The van der Waals surface area contributed by atoms with Crippen molar-refractivity contribution in [3.63, 3.8) is 0 Å². The van der Waals surface area contributed by atoms with E-state index in [4.69, 9.17) is 20.4 Å². The first-order valence-corrected chi connectivity index (χ1v) is 3.41. The molecule has 0 aromatic heterocycles. The molecule has 0 aromatic carbocycles. The van der Waals surface area contributed by atoms with Crippen LogP contribution in [0.2, 0.25) is 0 Å². The topological polar surface area (TPSA) is 90.2 Å². The van der Waals surface area contributed by atoms with Crippen molar-refractivity contribution in [2.45, 2.75) is 37.6 Å². The van der Waals surface area contributed by atoms with Crippen LogP contribution in [0.5, 0.6) is 0 Å². The zero-order valence-electron chi connectivity index (χ0n) is 6.08. The van der Waals surface area contributed by atoms with Gasteiger partial charge in [0.1, 0.15) is 18.3 Å². The Hall–Kier alpha value is -0.200. The number of aliphatic hydroxyl groups excluding tert-OH is 4. The van der Waals surface area contributed by atoms with Crippen molar-refractivity contribution in [2.75, 3.05) is 0 Å². The largest absolute Gasteiger partial charge is 0.388 e. The minimum atomic E-state index is -1.43. The Kier molecular flexibility index (Phi) is 2.46.